The van der Waals surface area contributed by atoms with Crippen molar-refractivity contribution >= 4 is 11.6 Å². The highest BCUT2D eigenvalue weighted by atomic mass is 35.5. The molecule has 0 heterocycles. The average molecular weight is 245 g/mol. The SMILES string of the molecule is CCC(C)NC(CN)c1c(F)cccc1Cl. The molecule has 0 amide bonds. The van der Waals surface area contributed by atoms with Gasteiger partial charge in [0.1, 0.15) is 5.82 Å². The van der Waals surface area contributed by atoms with E-state index in [2.05, 4.69) is 12.2 Å². The van der Waals surface area contributed by atoms with Gasteiger partial charge in [-0.2, -0.15) is 0 Å². The van der Waals surface area contributed by atoms with Gasteiger partial charge in [-0.25, -0.2) is 4.39 Å². The number of hydrogen-bond donors (Lipinski definition) is 2. The van der Waals surface area contributed by atoms with E-state index in [1.54, 1.807) is 12.1 Å². The second-order valence-corrected chi connectivity index (χ2v) is 4.31. The van der Waals surface area contributed by atoms with Gasteiger partial charge in [0.25, 0.3) is 0 Å². The van der Waals surface area contributed by atoms with Gasteiger partial charge in [0.05, 0.1) is 0 Å². The van der Waals surface area contributed by atoms with Gasteiger partial charge in [0.2, 0.25) is 0 Å². The summed E-state index contributed by atoms with van der Waals surface area (Å²) >= 11 is 5.99. The Morgan fingerprint density at radius 2 is 2.19 bits per heavy atom. The molecule has 0 fully saturated rings. The average Bonchev–Trinajstić information content (AvgIpc) is 2.27. The molecule has 4 heteroatoms. The maximum absolute atomic E-state index is 13.7. The third-order valence-electron chi connectivity index (χ3n) is 2.68. The number of rotatable bonds is 5. The first kappa shape index (κ1) is 13.4. The molecule has 2 atom stereocenters. The lowest BCUT2D eigenvalue weighted by atomic mass is 10.0. The summed E-state index contributed by atoms with van der Waals surface area (Å²) in [4.78, 5) is 0. The minimum Gasteiger partial charge on any atom is -0.329 e. The van der Waals surface area contributed by atoms with Crippen molar-refractivity contribution < 1.29 is 4.39 Å². The summed E-state index contributed by atoms with van der Waals surface area (Å²) in [6.45, 7) is 4.43. The number of hydrogen-bond acceptors (Lipinski definition) is 2. The largest absolute Gasteiger partial charge is 0.329 e. The molecule has 1 aromatic rings. The van der Waals surface area contributed by atoms with Crippen molar-refractivity contribution in [2.24, 2.45) is 5.73 Å². The highest BCUT2D eigenvalue weighted by Gasteiger charge is 2.18. The van der Waals surface area contributed by atoms with Crippen molar-refractivity contribution in [3.63, 3.8) is 0 Å². The van der Waals surface area contributed by atoms with Crippen LogP contribution in [0.5, 0.6) is 0 Å². The molecule has 1 aromatic carbocycles. The predicted octanol–water partition coefficient (Wildman–Crippen LogP) is 2.87. The molecule has 0 aliphatic heterocycles. The lowest BCUT2D eigenvalue weighted by Gasteiger charge is -2.23. The Hall–Kier alpha value is -0.640. The van der Waals surface area contributed by atoms with E-state index in [0.717, 1.165) is 6.42 Å². The van der Waals surface area contributed by atoms with E-state index >= 15 is 0 Å². The Kier molecular flexibility index (Phi) is 5.19. The maximum atomic E-state index is 13.7. The number of benzene rings is 1. The summed E-state index contributed by atoms with van der Waals surface area (Å²) in [5, 5.41) is 3.69. The molecule has 3 N–H and O–H groups in total. The highest BCUT2D eigenvalue weighted by Crippen LogP contribution is 2.25. The zero-order chi connectivity index (χ0) is 12.1. The molecule has 0 bridgehead atoms. The van der Waals surface area contributed by atoms with Crippen LogP contribution in [-0.4, -0.2) is 12.6 Å². The van der Waals surface area contributed by atoms with Gasteiger partial charge in [-0.1, -0.05) is 24.6 Å². The van der Waals surface area contributed by atoms with E-state index in [9.17, 15) is 4.39 Å². The minimum absolute atomic E-state index is 0.233. The third kappa shape index (κ3) is 3.17. The number of nitrogens with one attached hydrogen (secondary N) is 1. The van der Waals surface area contributed by atoms with Crippen LogP contribution in [0.1, 0.15) is 31.9 Å². The molecule has 0 radical (unpaired) electrons. The summed E-state index contributed by atoms with van der Waals surface area (Å²) in [6, 6.07) is 4.73. The van der Waals surface area contributed by atoms with Crippen LogP contribution in [0.25, 0.3) is 0 Å². The fourth-order valence-electron chi connectivity index (χ4n) is 1.57. The van der Waals surface area contributed by atoms with Crippen LogP contribution in [0.3, 0.4) is 0 Å². The van der Waals surface area contributed by atoms with Gasteiger partial charge in [-0.15, -0.1) is 0 Å². The smallest absolute Gasteiger partial charge is 0.129 e. The number of nitrogens with two attached hydrogens (primary N) is 1. The van der Waals surface area contributed by atoms with Gasteiger partial charge in [0.15, 0.2) is 0 Å². The normalized spacial score (nSPS) is 14.8. The summed E-state index contributed by atoms with van der Waals surface area (Å²) in [5.41, 5.74) is 6.12. The molecule has 0 aromatic heterocycles. The second-order valence-electron chi connectivity index (χ2n) is 3.90. The molecule has 0 spiro atoms. The first-order valence-electron chi connectivity index (χ1n) is 5.50. The molecule has 0 aliphatic rings. The van der Waals surface area contributed by atoms with Crippen LogP contribution in [-0.2, 0) is 0 Å². The van der Waals surface area contributed by atoms with Crippen molar-refractivity contribution in [2.75, 3.05) is 6.54 Å². The number of halogens is 2. The Bertz CT molecular complexity index is 324. The predicted molar refractivity (Wildman–Crippen MR) is 66.1 cm³/mol. The summed E-state index contributed by atoms with van der Waals surface area (Å²) in [7, 11) is 0. The summed E-state index contributed by atoms with van der Waals surface area (Å²) < 4.78 is 13.7. The van der Waals surface area contributed by atoms with Crippen LogP contribution in [0, 0.1) is 5.82 Å². The summed E-state index contributed by atoms with van der Waals surface area (Å²) in [6.07, 6.45) is 0.961. The van der Waals surface area contributed by atoms with E-state index in [4.69, 9.17) is 17.3 Å². The van der Waals surface area contributed by atoms with Crippen LogP contribution in [0.15, 0.2) is 18.2 Å². The van der Waals surface area contributed by atoms with Gasteiger partial charge < -0.3 is 11.1 Å². The highest BCUT2D eigenvalue weighted by molar-refractivity contribution is 6.31. The van der Waals surface area contributed by atoms with E-state index in [1.165, 1.54) is 6.07 Å². The monoisotopic (exact) mass is 244 g/mol. The van der Waals surface area contributed by atoms with Crippen LogP contribution in [0.4, 0.5) is 4.39 Å². The molecule has 2 unspecified atom stereocenters. The van der Waals surface area contributed by atoms with Gasteiger partial charge in [-0.05, 0) is 25.5 Å². The topological polar surface area (TPSA) is 38.0 Å². The molecule has 0 saturated carbocycles. The van der Waals surface area contributed by atoms with E-state index in [-0.39, 0.29) is 17.9 Å². The van der Waals surface area contributed by atoms with Gasteiger partial charge >= 0.3 is 0 Å². The second kappa shape index (κ2) is 6.18. The molecule has 0 saturated heterocycles. The minimum atomic E-state index is -0.307. The molecular weight excluding hydrogens is 227 g/mol. The molecule has 1 rings (SSSR count). The fourth-order valence-corrected chi connectivity index (χ4v) is 1.87. The summed E-state index contributed by atoms with van der Waals surface area (Å²) in [5.74, 6) is -0.307. The molecule has 0 aliphatic carbocycles. The zero-order valence-electron chi connectivity index (χ0n) is 9.63. The Morgan fingerprint density at radius 1 is 1.50 bits per heavy atom. The molecule has 16 heavy (non-hydrogen) atoms. The fraction of sp³-hybridized carbons (Fsp3) is 0.500. The zero-order valence-corrected chi connectivity index (χ0v) is 10.4. The van der Waals surface area contributed by atoms with Crippen molar-refractivity contribution in [3.8, 4) is 0 Å². The quantitative estimate of drug-likeness (QED) is 0.836. The first-order chi connectivity index (χ1) is 7.60. The molecular formula is C12H18ClFN2. The van der Waals surface area contributed by atoms with Crippen LogP contribution in [0.2, 0.25) is 5.02 Å². The molecule has 90 valence electrons. The van der Waals surface area contributed by atoms with E-state index in [0.29, 0.717) is 17.1 Å². The lowest BCUT2D eigenvalue weighted by molar-refractivity contribution is 0.438. The van der Waals surface area contributed by atoms with Gasteiger partial charge in [0, 0.05) is 29.2 Å². The van der Waals surface area contributed by atoms with Crippen molar-refractivity contribution in [3.05, 3.63) is 34.6 Å². The molecule has 2 nitrogen and oxygen atoms in total. The van der Waals surface area contributed by atoms with Crippen LogP contribution < -0.4 is 11.1 Å². The van der Waals surface area contributed by atoms with Crippen LogP contribution >= 0.6 is 11.6 Å². The third-order valence-corrected chi connectivity index (χ3v) is 3.01. The van der Waals surface area contributed by atoms with Gasteiger partial charge in [-0.3, -0.25) is 0 Å². The van der Waals surface area contributed by atoms with E-state index < -0.39 is 0 Å². The first-order valence-corrected chi connectivity index (χ1v) is 5.88. The Balaban J connectivity index is 2.94. The lowest BCUT2D eigenvalue weighted by Crippen LogP contribution is -2.35. The van der Waals surface area contributed by atoms with Crippen molar-refractivity contribution in [2.45, 2.75) is 32.4 Å². The van der Waals surface area contributed by atoms with Crippen molar-refractivity contribution in [1.29, 1.82) is 0 Å². The Morgan fingerprint density at radius 3 is 2.69 bits per heavy atom. The maximum Gasteiger partial charge on any atom is 0.129 e. The standard InChI is InChI=1S/C12H18ClFN2/c1-3-8(2)16-11(7-15)12-9(13)5-4-6-10(12)14/h4-6,8,11,16H,3,7,15H2,1-2H3. The Labute approximate surface area is 101 Å². The van der Waals surface area contributed by atoms with Crippen molar-refractivity contribution in [1.82, 2.24) is 5.32 Å². The van der Waals surface area contributed by atoms with E-state index in [1.807, 2.05) is 6.92 Å².